The summed E-state index contributed by atoms with van der Waals surface area (Å²) in [6.07, 6.45) is 3.37. The van der Waals surface area contributed by atoms with Crippen molar-refractivity contribution in [3.8, 4) is 0 Å². The summed E-state index contributed by atoms with van der Waals surface area (Å²) in [6.45, 7) is 0.689. The van der Waals surface area contributed by atoms with Crippen molar-refractivity contribution in [2.24, 2.45) is 0 Å². The first kappa shape index (κ1) is 7.23. The first-order valence-corrected chi connectivity index (χ1v) is 4.16. The molecule has 2 N–H and O–H groups in total. The molecule has 0 unspecified atom stereocenters. The molecule has 0 fully saturated rings. The average molecular weight is 181 g/mol. The lowest BCUT2D eigenvalue weighted by atomic mass is 10.5. The highest BCUT2D eigenvalue weighted by molar-refractivity contribution is 7.05. The van der Waals surface area contributed by atoms with Crippen molar-refractivity contribution in [1.29, 1.82) is 0 Å². The van der Waals surface area contributed by atoms with Crippen LogP contribution in [0.3, 0.4) is 0 Å². The third-order valence-electron chi connectivity index (χ3n) is 1.36. The second-order valence-electron chi connectivity index (χ2n) is 2.28. The summed E-state index contributed by atoms with van der Waals surface area (Å²) in [5.74, 6) is 0.305. The minimum absolute atomic E-state index is 0.305. The maximum atomic E-state index is 5.35. The Hall–Kier alpha value is -1.43. The van der Waals surface area contributed by atoms with Crippen LogP contribution >= 0.6 is 11.5 Å². The van der Waals surface area contributed by atoms with E-state index in [0.717, 1.165) is 4.88 Å². The van der Waals surface area contributed by atoms with Gasteiger partial charge in [0.2, 0.25) is 5.95 Å². The summed E-state index contributed by atoms with van der Waals surface area (Å²) in [5, 5.41) is 3.95. The van der Waals surface area contributed by atoms with Crippen LogP contribution in [-0.4, -0.2) is 19.1 Å². The molecule has 0 spiro atoms. The molecule has 12 heavy (non-hydrogen) atoms. The molecule has 0 aromatic carbocycles. The summed E-state index contributed by atoms with van der Waals surface area (Å²) in [4.78, 5) is 4.95. The minimum Gasteiger partial charge on any atom is -0.367 e. The molecule has 0 saturated carbocycles. The van der Waals surface area contributed by atoms with Crippen LogP contribution in [0.5, 0.6) is 0 Å². The van der Waals surface area contributed by atoms with Crippen molar-refractivity contribution in [2.45, 2.75) is 6.54 Å². The van der Waals surface area contributed by atoms with E-state index in [1.54, 1.807) is 17.2 Å². The fourth-order valence-corrected chi connectivity index (χ4v) is 1.44. The second-order valence-corrected chi connectivity index (χ2v) is 3.20. The van der Waals surface area contributed by atoms with E-state index in [0.29, 0.717) is 12.5 Å². The van der Waals surface area contributed by atoms with Crippen molar-refractivity contribution in [2.75, 3.05) is 5.73 Å². The van der Waals surface area contributed by atoms with Gasteiger partial charge in [0.25, 0.3) is 0 Å². The van der Waals surface area contributed by atoms with Gasteiger partial charge in [-0.3, -0.25) is 0 Å². The number of aromatic nitrogens is 4. The van der Waals surface area contributed by atoms with E-state index >= 15 is 0 Å². The standard InChI is InChI=1S/C6H7N5S/c7-6-8-4-11(10-6)3-5-1-2-9-12-5/h1-2,4H,3H2,(H2,7,10). The quantitative estimate of drug-likeness (QED) is 0.726. The van der Waals surface area contributed by atoms with Crippen LogP contribution in [0, 0.1) is 0 Å². The Morgan fingerprint density at radius 3 is 3.08 bits per heavy atom. The lowest BCUT2D eigenvalue weighted by molar-refractivity contribution is 0.695. The van der Waals surface area contributed by atoms with Crippen molar-refractivity contribution < 1.29 is 0 Å². The highest BCUT2D eigenvalue weighted by Gasteiger charge is 1.98. The van der Waals surface area contributed by atoms with E-state index in [-0.39, 0.29) is 0 Å². The Morgan fingerprint density at radius 2 is 2.50 bits per heavy atom. The van der Waals surface area contributed by atoms with Crippen LogP contribution in [0.15, 0.2) is 18.6 Å². The van der Waals surface area contributed by atoms with Gasteiger partial charge in [-0.2, -0.15) is 0 Å². The number of nitrogen functional groups attached to an aromatic ring is 1. The Balaban J connectivity index is 2.14. The molecule has 2 aromatic rings. The van der Waals surface area contributed by atoms with E-state index < -0.39 is 0 Å². The van der Waals surface area contributed by atoms with Crippen molar-refractivity contribution >= 4 is 17.5 Å². The largest absolute Gasteiger partial charge is 0.367 e. The summed E-state index contributed by atoms with van der Waals surface area (Å²) < 4.78 is 5.66. The zero-order valence-corrected chi connectivity index (χ0v) is 7.03. The van der Waals surface area contributed by atoms with Gasteiger partial charge in [0.15, 0.2) is 0 Å². The lowest BCUT2D eigenvalue weighted by Gasteiger charge is -1.93. The molecule has 2 aromatic heterocycles. The van der Waals surface area contributed by atoms with Crippen molar-refractivity contribution in [1.82, 2.24) is 19.1 Å². The topological polar surface area (TPSA) is 69.6 Å². The van der Waals surface area contributed by atoms with Crippen LogP contribution in [0.25, 0.3) is 0 Å². The third-order valence-corrected chi connectivity index (χ3v) is 2.09. The van der Waals surface area contributed by atoms with Gasteiger partial charge in [-0.25, -0.2) is 14.0 Å². The van der Waals surface area contributed by atoms with Gasteiger partial charge in [0.1, 0.15) is 6.33 Å². The van der Waals surface area contributed by atoms with Crippen LogP contribution < -0.4 is 5.73 Å². The third kappa shape index (κ3) is 1.42. The molecule has 0 aliphatic heterocycles. The molecule has 0 radical (unpaired) electrons. The second kappa shape index (κ2) is 2.90. The van der Waals surface area contributed by atoms with Crippen LogP contribution in [0.2, 0.25) is 0 Å². The average Bonchev–Trinajstić information content (AvgIpc) is 2.63. The number of hydrogen-bond donors (Lipinski definition) is 1. The molecule has 0 amide bonds. The fourth-order valence-electron chi connectivity index (χ4n) is 0.869. The highest BCUT2D eigenvalue weighted by Crippen LogP contribution is 2.06. The number of nitrogens with zero attached hydrogens (tertiary/aromatic N) is 4. The van der Waals surface area contributed by atoms with E-state index in [1.807, 2.05) is 6.07 Å². The van der Waals surface area contributed by atoms with E-state index in [2.05, 4.69) is 14.5 Å². The van der Waals surface area contributed by atoms with Gasteiger partial charge >= 0.3 is 0 Å². The maximum Gasteiger partial charge on any atom is 0.239 e. The monoisotopic (exact) mass is 181 g/mol. The molecule has 0 saturated heterocycles. The molecule has 0 bridgehead atoms. The summed E-state index contributed by atoms with van der Waals surface area (Å²) in [5.41, 5.74) is 5.35. The Labute approximate surface area is 73.0 Å². The summed E-state index contributed by atoms with van der Waals surface area (Å²) in [6, 6.07) is 1.95. The fraction of sp³-hybridized carbons (Fsp3) is 0.167. The molecule has 2 rings (SSSR count). The van der Waals surface area contributed by atoms with Crippen LogP contribution in [-0.2, 0) is 6.54 Å². The first-order chi connectivity index (χ1) is 5.84. The molecule has 0 aliphatic carbocycles. The molecule has 6 heteroatoms. The van der Waals surface area contributed by atoms with Gasteiger partial charge < -0.3 is 5.73 Å². The summed E-state index contributed by atoms with van der Waals surface area (Å²) >= 11 is 1.45. The molecule has 62 valence electrons. The predicted molar refractivity (Wildman–Crippen MR) is 45.7 cm³/mol. The zero-order valence-electron chi connectivity index (χ0n) is 6.21. The first-order valence-electron chi connectivity index (χ1n) is 3.39. The van der Waals surface area contributed by atoms with Gasteiger partial charge in [-0.1, -0.05) is 0 Å². The van der Waals surface area contributed by atoms with Gasteiger partial charge in [0, 0.05) is 11.1 Å². The van der Waals surface area contributed by atoms with Gasteiger partial charge in [0.05, 0.1) is 6.54 Å². The Bertz CT molecular complexity index is 352. The molecule has 0 atom stereocenters. The molecular weight excluding hydrogens is 174 g/mol. The molecular formula is C6H7N5S. The van der Waals surface area contributed by atoms with Gasteiger partial charge in [-0.15, -0.1) is 5.10 Å². The number of rotatable bonds is 2. The minimum atomic E-state index is 0.305. The molecule has 2 heterocycles. The van der Waals surface area contributed by atoms with Crippen LogP contribution in [0.1, 0.15) is 4.88 Å². The molecule has 0 aliphatic rings. The predicted octanol–water partition coefficient (Wildman–Crippen LogP) is 0.365. The SMILES string of the molecule is Nc1ncn(Cc2ccns2)n1. The Morgan fingerprint density at radius 1 is 1.58 bits per heavy atom. The number of hydrogen-bond acceptors (Lipinski definition) is 5. The smallest absolute Gasteiger partial charge is 0.239 e. The normalized spacial score (nSPS) is 10.3. The van der Waals surface area contributed by atoms with E-state index in [1.165, 1.54) is 11.5 Å². The molecule has 5 nitrogen and oxygen atoms in total. The lowest BCUT2D eigenvalue weighted by Crippen LogP contribution is -1.99. The zero-order chi connectivity index (χ0) is 8.39. The van der Waals surface area contributed by atoms with Crippen LogP contribution in [0.4, 0.5) is 5.95 Å². The van der Waals surface area contributed by atoms with E-state index in [4.69, 9.17) is 5.73 Å². The number of nitrogens with two attached hydrogens (primary N) is 1. The number of anilines is 1. The Kier molecular flexibility index (Phi) is 1.75. The highest BCUT2D eigenvalue weighted by atomic mass is 32.1. The van der Waals surface area contributed by atoms with Crippen molar-refractivity contribution in [3.63, 3.8) is 0 Å². The van der Waals surface area contributed by atoms with E-state index in [9.17, 15) is 0 Å². The summed E-state index contributed by atoms with van der Waals surface area (Å²) in [7, 11) is 0. The van der Waals surface area contributed by atoms with Crippen molar-refractivity contribution in [3.05, 3.63) is 23.5 Å². The maximum absolute atomic E-state index is 5.35. The van der Waals surface area contributed by atoms with Gasteiger partial charge in [-0.05, 0) is 17.6 Å².